The fraction of sp³-hybridized carbons (Fsp3) is 0.353. The molecule has 1 saturated carbocycles. The van der Waals surface area contributed by atoms with Gasteiger partial charge in [-0.15, -0.1) is 10.2 Å². The average molecular weight is 625 g/mol. The van der Waals surface area contributed by atoms with Gasteiger partial charge in [-0.1, -0.05) is 73.9 Å². The van der Waals surface area contributed by atoms with Gasteiger partial charge < -0.3 is 18.9 Å². The lowest BCUT2D eigenvalue weighted by Crippen LogP contribution is -2.27. The summed E-state index contributed by atoms with van der Waals surface area (Å²) in [4.78, 5) is 30.4. The quantitative estimate of drug-likeness (QED) is 0.135. The van der Waals surface area contributed by atoms with Crippen molar-refractivity contribution in [1.29, 1.82) is 0 Å². The highest BCUT2D eigenvalue weighted by Gasteiger charge is 2.24. The van der Waals surface area contributed by atoms with Crippen molar-refractivity contribution in [3.05, 3.63) is 77.9 Å². The number of carbonyl (C=O) groups excluding carboxylic acids is 2. The molecule has 238 valence electrons. The topological polar surface area (TPSA) is 143 Å². The minimum atomic E-state index is -1.10. The second-order valence-corrected chi connectivity index (χ2v) is 11.1. The van der Waals surface area contributed by atoms with Crippen LogP contribution in [0, 0.1) is 0 Å². The van der Waals surface area contributed by atoms with E-state index in [0.29, 0.717) is 36.0 Å². The Hall–Kier alpha value is -5.10. The summed E-state index contributed by atoms with van der Waals surface area (Å²) in [5.74, 6) is -0.699. The van der Waals surface area contributed by atoms with Crippen molar-refractivity contribution in [2.75, 3.05) is 13.2 Å². The number of aromatic amines is 1. The van der Waals surface area contributed by atoms with E-state index < -0.39 is 18.2 Å². The van der Waals surface area contributed by atoms with Crippen LogP contribution >= 0.6 is 0 Å². The molecule has 1 aliphatic rings. The van der Waals surface area contributed by atoms with Crippen LogP contribution in [0.4, 0.5) is 0 Å². The van der Waals surface area contributed by atoms with Crippen LogP contribution in [0.1, 0.15) is 61.9 Å². The number of para-hydroxylation sites is 1. The third-order valence-electron chi connectivity index (χ3n) is 7.90. The molecule has 3 aromatic carbocycles. The molecule has 1 fully saturated rings. The summed E-state index contributed by atoms with van der Waals surface area (Å²) in [6, 6.07) is 21.5. The Morgan fingerprint density at radius 2 is 1.74 bits per heavy atom. The number of H-pyrrole nitrogens is 1. The van der Waals surface area contributed by atoms with Gasteiger partial charge in [-0.05, 0) is 53.8 Å². The zero-order valence-corrected chi connectivity index (χ0v) is 25.8. The first kappa shape index (κ1) is 30.9. The molecule has 0 spiro atoms. The Morgan fingerprint density at radius 3 is 2.48 bits per heavy atom. The number of tetrazole rings is 1. The molecule has 12 heteroatoms. The number of imidazole rings is 1. The summed E-state index contributed by atoms with van der Waals surface area (Å²) in [5.41, 5.74) is 5.20. The zero-order valence-electron chi connectivity index (χ0n) is 25.8. The van der Waals surface area contributed by atoms with Gasteiger partial charge in [-0.2, -0.15) is 10.2 Å². The number of benzene rings is 3. The fourth-order valence-corrected chi connectivity index (χ4v) is 5.77. The predicted molar refractivity (Wildman–Crippen MR) is 169 cm³/mol. The zero-order chi connectivity index (χ0) is 31.9. The number of fused-ring (bicyclic) bond motifs is 1. The SMILES string of the molecule is CCOc1nc2cccc(C(=O)OC(C)OC(=O)COC3CCCCC3)c2n1Cc1ccc(-c2ccccc2-c2nn[nH]n2)cc1. The molecule has 6 rings (SSSR count). The van der Waals surface area contributed by atoms with E-state index in [-0.39, 0.29) is 18.3 Å². The average Bonchev–Trinajstić information content (AvgIpc) is 3.73. The van der Waals surface area contributed by atoms with Crippen LogP contribution in [0.2, 0.25) is 0 Å². The van der Waals surface area contributed by atoms with Crippen molar-refractivity contribution >= 4 is 23.0 Å². The minimum absolute atomic E-state index is 0.0697. The Labute approximate surface area is 266 Å². The van der Waals surface area contributed by atoms with Crippen LogP contribution in [-0.2, 0) is 25.5 Å². The van der Waals surface area contributed by atoms with Gasteiger partial charge in [-0.25, -0.2) is 9.59 Å². The number of esters is 2. The van der Waals surface area contributed by atoms with E-state index in [9.17, 15) is 9.59 Å². The van der Waals surface area contributed by atoms with Crippen LogP contribution < -0.4 is 4.74 Å². The number of nitrogens with zero attached hydrogens (tertiary/aromatic N) is 5. The molecule has 46 heavy (non-hydrogen) atoms. The Morgan fingerprint density at radius 1 is 0.957 bits per heavy atom. The molecule has 0 amide bonds. The third-order valence-corrected chi connectivity index (χ3v) is 7.90. The lowest BCUT2D eigenvalue weighted by molar-refractivity contribution is -0.172. The molecule has 0 saturated heterocycles. The van der Waals surface area contributed by atoms with Crippen molar-refractivity contribution in [3.8, 4) is 28.5 Å². The van der Waals surface area contributed by atoms with E-state index in [4.69, 9.17) is 18.9 Å². The first-order valence-corrected chi connectivity index (χ1v) is 15.6. The number of rotatable bonds is 12. The second kappa shape index (κ2) is 14.3. The summed E-state index contributed by atoms with van der Waals surface area (Å²) in [6.07, 6.45) is 4.25. The molecule has 1 N–H and O–H groups in total. The van der Waals surface area contributed by atoms with Crippen molar-refractivity contribution in [3.63, 3.8) is 0 Å². The van der Waals surface area contributed by atoms with Crippen LogP contribution in [0.3, 0.4) is 0 Å². The van der Waals surface area contributed by atoms with E-state index in [1.807, 2.05) is 66.1 Å². The molecule has 0 bridgehead atoms. The van der Waals surface area contributed by atoms with Crippen LogP contribution in [0.5, 0.6) is 6.01 Å². The van der Waals surface area contributed by atoms with Gasteiger partial charge >= 0.3 is 11.9 Å². The van der Waals surface area contributed by atoms with Gasteiger partial charge in [-0.3, -0.25) is 4.57 Å². The standard InChI is InChI=1S/C34H36N6O6/c1-3-43-34-35-29-15-9-14-28(33(42)46-22(2)45-30(41)21-44-25-10-5-4-6-11-25)31(29)40(34)20-23-16-18-24(19-17-23)26-12-7-8-13-27(26)32-36-38-39-37-32/h7-9,12-19,22,25H,3-6,10-11,20-21H2,1-2H3,(H,36,37,38,39). The highest BCUT2D eigenvalue weighted by molar-refractivity contribution is 6.02. The fourth-order valence-electron chi connectivity index (χ4n) is 5.77. The minimum Gasteiger partial charge on any atom is -0.465 e. The maximum atomic E-state index is 13.4. The number of hydrogen-bond acceptors (Lipinski definition) is 10. The third kappa shape index (κ3) is 7.07. The highest BCUT2D eigenvalue weighted by Crippen LogP contribution is 2.31. The normalized spacial score (nSPS) is 14.2. The largest absolute Gasteiger partial charge is 0.465 e. The smallest absolute Gasteiger partial charge is 0.343 e. The first-order chi connectivity index (χ1) is 22.5. The highest BCUT2D eigenvalue weighted by atomic mass is 16.7. The molecule has 0 aliphatic heterocycles. The Kier molecular flexibility index (Phi) is 9.63. The van der Waals surface area contributed by atoms with Crippen LogP contribution in [0.25, 0.3) is 33.5 Å². The molecule has 2 aromatic heterocycles. The molecule has 2 heterocycles. The van der Waals surface area contributed by atoms with Crippen LogP contribution in [0.15, 0.2) is 66.7 Å². The van der Waals surface area contributed by atoms with Gasteiger partial charge in [0.15, 0.2) is 0 Å². The molecular weight excluding hydrogens is 588 g/mol. The van der Waals surface area contributed by atoms with E-state index in [1.54, 1.807) is 12.1 Å². The van der Waals surface area contributed by atoms with Crippen molar-refractivity contribution in [2.24, 2.45) is 0 Å². The summed E-state index contributed by atoms with van der Waals surface area (Å²) in [5, 5.41) is 14.5. The molecule has 5 aromatic rings. The van der Waals surface area contributed by atoms with Crippen LogP contribution in [-0.4, -0.2) is 67.7 Å². The molecular formula is C34H36N6O6. The molecule has 12 nitrogen and oxygen atoms in total. The summed E-state index contributed by atoms with van der Waals surface area (Å²) < 4.78 is 24.3. The lowest BCUT2D eigenvalue weighted by atomic mass is 9.98. The van der Waals surface area contributed by atoms with Crippen molar-refractivity contribution < 1.29 is 28.5 Å². The predicted octanol–water partition coefficient (Wildman–Crippen LogP) is 5.73. The van der Waals surface area contributed by atoms with Crippen molar-refractivity contribution in [1.82, 2.24) is 30.2 Å². The number of nitrogens with one attached hydrogen (secondary N) is 1. The lowest BCUT2D eigenvalue weighted by Gasteiger charge is -2.22. The number of ether oxygens (including phenoxy) is 4. The maximum absolute atomic E-state index is 13.4. The van der Waals surface area contributed by atoms with E-state index in [2.05, 4.69) is 25.6 Å². The monoisotopic (exact) mass is 624 g/mol. The summed E-state index contributed by atoms with van der Waals surface area (Å²) >= 11 is 0. The van der Waals surface area contributed by atoms with Gasteiger partial charge in [0.05, 0.1) is 35.9 Å². The first-order valence-electron chi connectivity index (χ1n) is 15.6. The number of hydrogen-bond donors (Lipinski definition) is 1. The maximum Gasteiger partial charge on any atom is 0.343 e. The van der Waals surface area contributed by atoms with E-state index >= 15 is 0 Å². The van der Waals surface area contributed by atoms with Gasteiger partial charge in [0.25, 0.3) is 6.01 Å². The Balaban J connectivity index is 1.20. The molecule has 1 unspecified atom stereocenters. The van der Waals surface area contributed by atoms with E-state index in [0.717, 1.165) is 47.9 Å². The summed E-state index contributed by atoms with van der Waals surface area (Å²) in [6.45, 7) is 3.99. The van der Waals surface area contributed by atoms with E-state index in [1.165, 1.54) is 13.3 Å². The molecule has 0 radical (unpaired) electrons. The number of carbonyl (C=O) groups is 2. The molecule has 1 atom stereocenters. The van der Waals surface area contributed by atoms with Gasteiger partial charge in [0, 0.05) is 12.5 Å². The second-order valence-electron chi connectivity index (χ2n) is 11.1. The number of aromatic nitrogens is 6. The van der Waals surface area contributed by atoms with Crippen molar-refractivity contribution in [2.45, 2.75) is 64.9 Å². The molecule has 1 aliphatic carbocycles. The Bertz CT molecular complexity index is 1780. The van der Waals surface area contributed by atoms with Gasteiger partial charge in [0.2, 0.25) is 12.1 Å². The summed E-state index contributed by atoms with van der Waals surface area (Å²) in [7, 11) is 0. The van der Waals surface area contributed by atoms with Gasteiger partial charge in [0.1, 0.15) is 6.61 Å².